The van der Waals surface area contributed by atoms with Gasteiger partial charge in [0.25, 0.3) is 0 Å². The number of hydrogen-bond acceptors (Lipinski definition) is 3. The van der Waals surface area contributed by atoms with Crippen molar-refractivity contribution in [2.24, 2.45) is 0 Å². The third-order valence-corrected chi connectivity index (χ3v) is 4.73. The Kier molecular flexibility index (Phi) is 4.28. The lowest BCUT2D eigenvalue weighted by Gasteiger charge is -2.40. The highest BCUT2D eigenvalue weighted by molar-refractivity contribution is 5.68. The van der Waals surface area contributed by atoms with E-state index in [1.54, 1.807) is 0 Å². The van der Waals surface area contributed by atoms with E-state index in [9.17, 15) is 9.90 Å². The number of likely N-dealkylation sites (N-methyl/N-ethyl adjacent to an activating group) is 1. The Morgan fingerprint density at radius 3 is 2.33 bits per heavy atom. The summed E-state index contributed by atoms with van der Waals surface area (Å²) in [5.41, 5.74) is -0.121. The summed E-state index contributed by atoms with van der Waals surface area (Å²) in [5, 5.41) is 9.27. The van der Waals surface area contributed by atoms with Crippen molar-refractivity contribution in [3.63, 3.8) is 0 Å². The Labute approximate surface area is 110 Å². The molecule has 0 aromatic carbocycles. The molecule has 0 aliphatic carbocycles. The number of likely N-dealkylation sites (tertiary alicyclic amines) is 2. The molecule has 2 rings (SSSR count). The van der Waals surface area contributed by atoms with Gasteiger partial charge in [-0.05, 0) is 46.3 Å². The number of hydrogen-bond donors (Lipinski definition) is 1. The van der Waals surface area contributed by atoms with Gasteiger partial charge in [0.05, 0.1) is 6.42 Å². The van der Waals surface area contributed by atoms with Crippen molar-refractivity contribution in [3.05, 3.63) is 0 Å². The molecule has 2 unspecified atom stereocenters. The molecule has 1 N–H and O–H groups in total. The summed E-state index contributed by atoms with van der Waals surface area (Å²) in [5.74, 6) is -0.651. The lowest BCUT2D eigenvalue weighted by atomic mass is 9.89. The average molecular weight is 254 g/mol. The zero-order valence-corrected chi connectivity index (χ0v) is 11.7. The van der Waals surface area contributed by atoms with Crippen LogP contribution < -0.4 is 0 Å². The summed E-state index contributed by atoms with van der Waals surface area (Å²) in [6.45, 7) is 5.27. The van der Waals surface area contributed by atoms with Crippen LogP contribution in [0.1, 0.15) is 45.4 Å². The number of rotatable bonds is 3. The maximum absolute atomic E-state index is 11.3. The second kappa shape index (κ2) is 5.57. The molecule has 0 aromatic rings. The van der Waals surface area contributed by atoms with Gasteiger partial charge < -0.3 is 10.0 Å². The molecule has 2 aliphatic rings. The lowest BCUT2D eigenvalue weighted by Crippen LogP contribution is -2.52. The van der Waals surface area contributed by atoms with Gasteiger partial charge in [0.15, 0.2) is 0 Å². The molecular formula is C14H26N2O2. The first-order valence-corrected chi connectivity index (χ1v) is 7.21. The van der Waals surface area contributed by atoms with Gasteiger partial charge in [0.2, 0.25) is 0 Å². The van der Waals surface area contributed by atoms with E-state index >= 15 is 0 Å². The molecule has 0 saturated carbocycles. The normalized spacial score (nSPS) is 35.6. The molecule has 0 bridgehead atoms. The highest BCUT2D eigenvalue weighted by Crippen LogP contribution is 2.35. The number of carboxylic acid groups (broad SMARTS) is 1. The summed E-state index contributed by atoms with van der Waals surface area (Å²) in [6, 6.07) is 0.493. The minimum atomic E-state index is -0.651. The highest BCUT2D eigenvalue weighted by Gasteiger charge is 2.46. The maximum Gasteiger partial charge on any atom is 0.305 e. The van der Waals surface area contributed by atoms with Gasteiger partial charge >= 0.3 is 5.97 Å². The van der Waals surface area contributed by atoms with E-state index < -0.39 is 5.97 Å². The first kappa shape index (κ1) is 13.8. The monoisotopic (exact) mass is 254 g/mol. The Hall–Kier alpha value is -0.610. The Balaban J connectivity index is 2.16. The molecule has 0 radical (unpaired) electrons. The van der Waals surface area contributed by atoms with E-state index in [4.69, 9.17) is 0 Å². The fourth-order valence-electron chi connectivity index (χ4n) is 3.69. The van der Waals surface area contributed by atoms with Crippen molar-refractivity contribution in [3.8, 4) is 0 Å². The van der Waals surface area contributed by atoms with E-state index in [-0.39, 0.29) is 5.54 Å². The van der Waals surface area contributed by atoms with Crippen LogP contribution in [0.2, 0.25) is 0 Å². The summed E-state index contributed by atoms with van der Waals surface area (Å²) in [6.07, 6.45) is 6.33. The third kappa shape index (κ3) is 2.86. The molecule has 0 spiro atoms. The van der Waals surface area contributed by atoms with Gasteiger partial charge in [0.1, 0.15) is 0 Å². The number of carboxylic acids is 1. The molecule has 4 heteroatoms. The van der Waals surface area contributed by atoms with E-state index in [1.807, 2.05) is 0 Å². The minimum absolute atomic E-state index is 0.121. The van der Waals surface area contributed by atoms with Crippen LogP contribution in [0.3, 0.4) is 0 Å². The van der Waals surface area contributed by atoms with E-state index in [0.717, 1.165) is 26.1 Å². The van der Waals surface area contributed by atoms with E-state index in [1.165, 1.54) is 25.7 Å². The predicted octanol–water partition coefficient (Wildman–Crippen LogP) is 1.80. The van der Waals surface area contributed by atoms with Crippen molar-refractivity contribution in [1.82, 2.24) is 9.80 Å². The molecule has 2 fully saturated rings. The largest absolute Gasteiger partial charge is 0.481 e. The van der Waals surface area contributed by atoms with Gasteiger partial charge in [-0.25, -0.2) is 0 Å². The highest BCUT2D eigenvalue weighted by atomic mass is 16.4. The molecule has 104 valence electrons. The topological polar surface area (TPSA) is 43.8 Å². The van der Waals surface area contributed by atoms with Crippen molar-refractivity contribution in [1.29, 1.82) is 0 Å². The van der Waals surface area contributed by atoms with E-state index in [0.29, 0.717) is 12.5 Å². The van der Waals surface area contributed by atoms with Crippen molar-refractivity contribution in [2.75, 3.05) is 26.7 Å². The second-order valence-corrected chi connectivity index (χ2v) is 6.16. The van der Waals surface area contributed by atoms with Crippen LogP contribution in [0.15, 0.2) is 0 Å². The standard InChI is InChI=1S/C14H26N2O2/c1-12-9-14(10-13(17)18,11-15(12)2)16-7-5-3-4-6-8-16/h12H,3-11H2,1-2H3,(H,17,18). The molecule has 2 heterocycles. The summed E-state index contributed by atoms with van der Waals surface area (Å²) in [7, 11) is 2.12. The minimum Gasteiger partial charge on any atom is -0.481 e. The lowest BCUT2D eigenvalue weighted by molar-refractivity contribution is -0.140. The zero-order valence-electron chi connectivity index (χ0n) is 11.7. The first-order valence-electron chi connectivity index (χ1n) is 7.21. The SMILES string of the molecule is CC1CC(CC(=O)O)(N2CCCCCC2)CN1C. The molecule has 2 atom stereocenters. The average Bonchev–Trinajstić information content (AvgIpc) is 2.52. The van der Waals surface area contributed by atoms with Crippen LogP contribution in [0.5, 0.6) is 0 Å². The zero-order chi connectivity index (χ0) is 13.2. The van der Waals surface area contributed by atoms with Crippen LogP contribution in [0.25, 0.3) is 0 Å². The molecule has 18 heavy (non-hydrogen) atoms. The van der Waals surface area contributed by atoms with Crippen LogP contribution in [0, 0.1) is 0 Å². The fourth-order valence-corrected chi connectivity index (χ4v) is 3.69. The number of carbonyl (C=O) groups is 1. The van der Waals surface area contributed by atoms with E-state index in [2.05, 4.69) is 23.8 Å². The smallest absolute Gasteiger partial charge is 0.305 e. The molecule has 2 aliphatic heterocycles. The van der Waals surface area contributed by atoms with Crippen molar-refractivity contribution >= 4 is 5.97 Å². The molecule has 2 saturated heterocycles. The van der Waals surface area contributed by atoms with Gasteiger partial charge in [-0.3, -0.25) is 9.69 Å². The number of aliphatic carboxylic acids is 1. The van der Waals surface area contributed by atoms with Gasteiger partial charge in [-0.15, -0.1) is 0 Å². The molecule has 0 aromatic heterocycles. The van der Waals surface area contributed by atoms with Gasteiger partial charge in [-0.1, -0.05) is 12.8 Å². The number of nitrogens with zero attached hydrogens (tertiary/aromatic N) is 2. The van der Waals surface area contributed by atoms with Gasteiger partial charge in [0, 0.05) is 18.1 Å². The second-order valence-electron chi connectivity index (χ2n) is 6.16. The molecule has 0 amide bonds. The third-order valence-electron chi connectivity index (χ3n) is 4.73. The van der Waals surface area contributed by atoms with Crippen LogP contribution in [0.4, 0.5) is 0 Å². The quantitative estimate of drug-likeness (QED) is 0.834. The Morgan fingerprint density at radius 1 is 1.28 bits per heavy atom. The van der Waals surface area contributed by atoms with Crippen LogP contribution >= 0.6 is 0 Å². The maximum atomic E-state index is 11.3. The first-order chi connectivity index (χ1) is 8.53. The van der Waals surface area contributed by atoms with Crippen LogP contribution in [-0.4, -0.2) is 59.1 Å². The van der Waals surface area contributed by atoms with Gasteiger partial charge in [-0.2, -0.15) is 0 Å². The summed E-state index contributed by atoms with van der Waals surface area (Å²) < 4.78 is 0. The molecule has 4 nitrogen and oxygen atoms in total. The summed E-state index contributed by atoms with van der Waals surface area (Å²) in [4.78, 5) is 16.1. The molecular weight excluding hydrogens is 228 g/mol. The predicted molar refractivity (Wildman–Crippen MR) is 71.7 cm³/mol. The van der Waals surface area contributed by atoms with Crippen LogP contribution in [-0.2, 0) is 4.79 Å². The fraction of sp³-hybridized carbons (Fsp3) is 0.929. The summed E-state index contributed by atoms with van der Waals surface area (Å²) >= 11 is 0. The Bertz CT molecular complexity index is 288. The Morgan fingerprint density at radius 2 is 1.89 bits per heavy atom. The van der Waals surface area contributed by atoms with Crippen molar-refractivity contribution < 1.29 is 9.90 Å². The van der Waals surface area contributed by atoms with Crippen molar-refractivity contribution in [2.45, 2.75) is 57.0 Å².